The lowest BCUT2D eigenvalue weighted by Gasteiger charge is -2.09. The molecule has 0 radical (unpaired) electrons. The van der Waals surface area contributed by atoms with Crippen molar-refractivity contribution < 1.29 is 9.53 Å². The van der Waals surface area contributed by atoms with Gasteiger partial charge in [-0.15, -0.1) is 0 Å². The molecule has 0 atom stereocenters. The van der Waals surface area contributed by atoms with E-state index in [-0.39, 0.29) is 0 Å². The minimum atomic E-state index is -0.513. The Bertz CT molecular complexity index is 950. The van der Waals surface area contributed by atoms with Crippen LogP contribution in [0.15, 0.2) is 34.8 Å². The van der Waals surface area contributed by atoms with Crippen LogP contribution >= 0.6 is 15.9 Å². The number of halogens is 1. The summed E-state index contributed by atoms with van der Waals surface area (Å²) in [7, 11) is 1.56. The van der Waals surface area contributed by atoms with Crippen molar-refractivity contribution in [3.05, 3.63) is 40.4 Å². The Hall–Kier alpha value is -2.72. The Labute approximate surface area is 133 Å². The Morgan fingerprint density at radius 3 is 2.77 bits per heavy atom. The summed E-state index contributed by atoms with van der Waals surface area (Å²) in [6.45, 7) is 0. The fourth-order valence-corrected chi connectivity index (χ4v) is 2.60. The predicted octanol–water partition coefficient (Wildman–Crippen LogP) is 2.76. The number of hydrogen-bond donors (Lipinski definition) is 1. The molecule has 3 aromatic rings. The van der Waals surface area contributed by atoms with Crippen LogP contribution < -0.4 is 10.1 Å². The third-order valence-corrected chi connectivity index (χ3v) is 3.81. The van der Waals surface area contributed by atoms with Gasteiger partial charge in [0, 0.05) is 4.47 Å². The number of nitriles is 1. The second-order valence-corrected chi connectivity index (χ2v) is 5.26. The first-order valence-corrected chi connectivity index (χ1v) is 7.07. The number of hydrogen-bond acceptors (Lipinski definition) is 5. The number of nitrogens with zero attached hydrogens (tertiary/aromatic N) is 3. The zero-order valence-corrected chi connectivity index (χ0v) is 13.0. The number of fused-ring (bicyclic) bond motifs is 2. The highest BCUT2D eigenvalue weighted by atomic mass is 79.9. The number of benzene rings is 2. The molecule has 108 valence electrons. The summed E-state index contributed by atoms with van der Waals surface area (Å²) >= 11 is 3.43. The van der Waals surface area contributed by atoms with Gasteiger partial charge in [0.2, 0.25) is 0 Å². The Morgan fingerprint density at radius 1 is 1.23 bits per heavy atom. The number of nitrogens with one attached hydrogen (secondary N) is 1. The van der Waals surface area contributed by atoms with Crippen molar-refractivity contribution in [2.45, 2.75) is 0 Å². The van der Waals surface area contributed by atoms with Crippen LogP contribution in [0.4, 0.5) is 0 Å². The van der Waals surface area contributed by atoms with Crippen molar-refractivity contribution in [2.75, 3.05) is 7.11 Å². The number of ether oxygens (including phenoxy) is 1. The first-order valence-electron chi connectivity index (χ1n) is 6.28. The molecular formula is C15H9BrN4O2. The minimum absolute atomic E-state index is 0.295. The fourth-order valence-electron chi connectivity index (χ4n) is 2.19. The van der Waals surface area contributed by atoms with Gasteiger partial charge in [-0.05, 0) is 40.2 Å². The number of amides is 1. The zero-order valence-electron chi connectivity index (χ0n) is 11.4. The smallest absolute Gasteiger partial charge is 0.266 e. The van der Waals surface area contributed by atoms with Gasteiger partial charge in [-0.25, -0.2) is 9.97 Å². The topological polar surface area (TPSA) is 87.9 Å². The lowest BCUT2D eigenvalue weighted by molar-refractivity contribution is 0.0974. The predicted molar refractivity (Wildman–Crippen MR) is 84.4 cm³/mol. The lowest BCUT2D eigenvalue weighted by Crippen LogP contribution is -2.18. The molecule has 0 aliphatic heterocycles. The number of aromatic nitrogens is 2. The Morgan fingerprint density at radius 2 is 2.05 bits per heavy atom. The van der Waals surface area contributed by atoms with Crippen molar-refractivity contribution in [1.29, 1.82) is 5.26 Å². The lowest BCUT2D eigenvalue weighted by atomic mass is 10.1. The molecule has 0 saturated carbocycles. The highest BCUT2D eigenvalue weighted by Gasteiger charge is 2.15. The quantitative estimate of drug-likeness (QED) is 0.433. The largest absolute Gasteiger partial charge is 0.494 e. The first kappa shape index (κ1) is 14.2. The van der Waals surface area contributed by atoms with Crippen LogP contribution in [0.25, 0.3) is 22.1 Å². The standard InChI is InChI=1S/C15H9BrN4O2/c1-22-11-6-5-9(16)13-14(11)19-10-4-2-3-8(12(10)20-13)15(21)18-7-17/h2-6H,1H3,(H,18,21). The molecule has 0 spiro atoms. The normalized spacial score (nSPS) is 10.4. The average molecular weight is 357 g/mol. The molecule has 22 heavy (non-hydrogen) atoms. The van der Waals surface area contributed by atoms with Gasteiger partial charge in [0.05, 0.1) is 18.2 Å². The van der Waals surface area contributed by atoms with E-state index in [1.807, 2.05) is 0 Å². The van der Waals surface area contributed by atoms with E-state index in [0.717, 1.165) is 4.47 Å². The van der Waals surface area contributed by atoms with Gasteiger partial charge in [0.15, 0.2) is 6.19 Å². The van der Waals surface area contributed by atoms with Gasteiger partial charge in [0.1, 0.15) is 22.3 Å². The van der Waals surface area contributed by atoms with E-state index >= 15 is 0 Å². The molecule has 0 aliphatic rings. The monoisotopic (exact) mass is 356 g/mol. The first-order chi connectivity index (χ1) is 10.7. The van der Waals surface area contributed by atoms with Crippen molar-refractivity contribution in [3.63, 3.8) is 0 Å². The molecular weight excluding hydrogens is 348 g/mol. The summed E-state index contributed by atoms with van der Waals surface area (Å²) in [5.74, 6) is 0.0836. The van der Waals surface area contributed by atoms with Gasteiger partial charge in [-0.2, -0.15) is 5.26 Å². The van der Waals surface area contributed by atoms with E-state index in [1.54, 1.807) is 43.6 Å². The number of rotatable bonds is 2. The Kier molecular flexibility index (Phi) is 3.61. The molecule has 7 heteroatoms. The fraction of sp³-hybridized carbons (Fsp3) is 0.0667. The van der Waals surface area contributed by atoms with Crippen LogP contribution in [0.1, 0.15) is 10.4 Å². The summed E-state index contributed by atoms with van der Waals surface area (Å²) in [5.41, 5.74) is 2.46. The van der Waals surface area contributed by atoms with Crippen molar-refractivity contribution in [3.8, 4) is 11.9 Å². The van der Waals surface area contributed by atoms with Crippen LogP contribution in [-0.4, -0.2) is 23.0 Å². The van der Waals surface area contributed by atoms with Gasteiger partial charge in [-0.1, -0.05) is 6.07 Å². The third kappa shape index (κ3) is 2.23. The van der Waals surface area contributed by atoms with E-state index in [0.29, 0.717) is 33.4 Å². The van der Waals surface area contributed by atoms with E-state index in [4.69, 9.17) is 10.00 Å². The number of para-hydroxylation sites is 1. The van der Waals surface area contributed by atoms with Crippen LogP contribution in [0.5, 0.6) is 5.75 Å². The van der Waals surface area contributed by atoms with Gasteiger partial charge in [0.25, 0.3) is 5.91 Å². The van der Waals surface area contributed by atoms with Crippen LogP contribution in [0.3, 0.4) is 0 Å². The van der Waals surface area contributed by atoms with Crippen molar-refractivity contribution >= 4 is 43.9 Å². The van der Waals surface area contributed by atoms with Crippen LogP contribution in [-0.2, 0) is 0 Å². The maximum Gasteiger partial charge on any atom is 0.266 e. The number of methoxy groups -OCH3 is 1. The molecule has 1 aromatic heterocycles. The van der Waals surface area contributed by atoms with Crippen LogP contribution in [0.2, 0.25) is 0 Å². The van der Waals surface area contributed by atoms with E-state index in [2.05, 4.69) is 31.2 Å². The molecule has 0 fully saturated rings. The molecule has 0 aliphatic carbocycles. The SMILES string of the molecule is COc1ccc(Br)c2nc3c(C(=O)NC#N)cccc3nc12. The molecule has 0 unspecified atom stereocenters. The summed E-state index contributed by atoms with van der Waals surface area (Å²) in [6.07, 6.45) is 1.62. The van der Waals surface area contributed by atoms with E-state index < -0.39 is 5.91 Å². The molecule has 0 bridgehead atoms. The summed E-state index contributed by atoms with van der Waals surface area (Å²) < 4.78 is 6.05. The maximum atomic E-state index is 12.0. The van der Waals surface area contributed by atoms with Crippen molar-refractivity contribution in [1.82, 2.24) is 15.3 Å². The Balaban J connectivity index is 2.38. The van der Waals surface area contributed by atoms with E-state index in [1.165, 1.54) is 0 Å². The molecule has 1 amide bonds. The van der Waals surface area contributed by atoms with Gasteiger partial charge >= 0.3 is 0 Å². The molecule has 0 saturated heterocycles. The second-order valence-electron chi connectivity index (χ2n) is 4.41. The maximum absolute atomic E-state index is 12.0. The summed E-state index contributed by atoms with van der Waals surface area (Å²) in [4.78, 5) is 21.0. The molecule has 3 rings (SSSR count). The summed E-state index contributed by atoms with van der Waals surface area (Å²) in [5, 5.41) is 10.7. The minimum Gasteiger partial charge on any atom is -0.494 e. The van der Waals surface area contributed by atoms with Gasteiger partial charge in [-0.3, -0.25) is 10.1 Å². The summed E-state index contributed by atoms with van der Waals surface area (Å²) in [6, 6.07) is 8.65. The van der Waals surface area contributed by atoms with E-state index in [9.17, 15) is 4.79 Å². The average Bonchev–Trinajstić information content (AvgIpc) is 2.53. The second kappa shape index (κ2) is 5.58. The van der Waals surface area contributed by atoms with Gasteiger partial charge < -0.3 is 4.74 Å². The zero-order chi connectivity index (χ0) is 15.7. The molecule has 1 heterocycles. The molecule has 2 aromatic carbocycles. The number of carbonyl (C=O) groups excluding carboxylic acids is 1. The highest BCUT2D eigenvalue weighted by Crippen LogP contribution is 2.31. The highest BCUT2D eigenvalue weighted by molar-refractivity contribution is 9.10. The van der Waals surface area contributed by atoms with Crippen molar-refractivity contribution in [2.24, 2.45) is 0 Å². The molecule has 6 nitrogen and oxygen atoms in total. The molecule has 1 N–H and O–H groups in total. The third-order valence-electron chi connectivity index (χ3n) is 3.17. The van der Waals surface area contributed by atoms with Crippen LogP contribution in [0, 0.1) is 11.5 Å². The number of carbonyl (C=O) groups is 1.